The molecule has 4 nitrogen and oxygen atoms in total. The number of hydrogen-bond donors (Lipinski definition) is 0. The first-order valence-electron chi connectivity index (χ1n) is 6.83. The van der Waals surface area contributed by atoms with Crippen LogP contribution in [-0.2, 0) is 4.79 Å². The van der Waals surface area contributed by atoms with Crippen molar-refractivity contribution in [3.05, 3.63) is 33.4 Å². The molecule has 0 radical (unpaired) electrons. The predicted molar refractivity (Wildman–Crippen MR) is 86.8 cm³/mol. The van der Waals surface area contributed by atoms with E-state index < -0.39 is 0 Å². The van der Waals surface area contributed by atoms with E-state index in [2.05, 4.69) is 27.5 Å². The van der Waals surface area contributed by atoms with E-state index in [4.69, 9.17) is 0 Å². The van der Waals surface area contributed by atoms with E-state index in [0.717, 1.165) is 41.7 Å². The lowest BCUT2D eigenvalue weighted by Gasteiger charge is -2.20. The highest BCUT2D eigenvalue weighted by Crippen LogP contribution is 2.09. The van der Waals surface area contributed by atoms with E-state index in [9.17, 15) is 9.59 Å². The Balaban J connectivity index is 1.91. The smallest absolute Gasteiger partial charge is 0.219 e. The molecule has 1 amide bonds. The molecule has 0 N–H and O–H groups in total. The van der Waals surface area contributed by atoms with Crippen molar-refractivity contribution in [2.24, 2.45) is 0 Å². The minimum Gasteiger partial charge on any atom is -0.342 e. The zero-order chi connectivity index (χ0) is 14.5. The molecule has 1 heterocycles. The van der Waals surface area contributed by atoms with Crippen molar-refractivity contribution in [1.29, 1.82) is 0 Å². The molecule has 0 spiro atoms. The monoisotopic (exact) mass is 386 g/mol. The van der Waals surface area contributed by atoms with Gasteiger partial charge in [-0.15, -0.1) is 0 Å². The number of carbonyl (C=O) groups excluding carboxylic acids is 2. The van der Waals surface area contributed by atoms with Crippen molar-refractivity contribution in [2.45, 2.75) is 13.3 Å². The van der Waals surface area contributed by atoms with Gasteiger partial charge in [-0.2, -0.15) is 0 Å². The molecule has 1 saturated heterocycles. The van der Waals surface area contributed by atoms with Crippen LogP contribution in [-0.4, -0.2) is 54.2 Å². The SMILES string of the molecule is CC(=O)N1CCCN(CC(=O)c2ccc(I)cc2)CC1. The van der Waals surface area contributed by atoms with Gasteiger partial charge in [0.25, 0.3) is 0 Å². The molecule has 0 atom stereocenters. The lowest BCUT2D eigenvalue weighted by molar-refractivity contribution is -0.128. The predicted octanol–water partition coefficient (Wildman–Crippen LogP) is 2.03. The Morgan fingerprint density at radius 2 is 1.80 bits per heavy atom. The highest BCUT2D eigenvalue weighted by molar-refractivity contribution is 14.1. The second-order valence-electron chi connectivity index (χ2n) is 5.07. The van der Waals surface area contributed by atoms with Crippen molar-refractivity contribution in [2.75, 3.05) is 32.7 Å². The minimum atomic E-state index is 0.121. The van der Waals surface area contributed by atoms with E-state index in [1.807, 2.05) is 29.2 Å². The number of amides is 1. The fourth-order valence-electron chi connectivity index (χ4n) is 2.37. The third-order valence-electron chi connectivity index (χ3n) is 3.57. The molecule has 0 saturated carbocycles. The standard InChI is InChI=1S/C15H19IN2O2/c1-12(19)18-8-2-7-17(9-10-18)11-15(20)13-3-5-14(16)6-4-13/h3-6H,2,7-11H2,1H3. The summed E-state index contributed by atoms with van der Waals surface area (Å²) in [5.41, 5.74) is 0.762. The first kappa shape index (κ1) is 15.4. The highest BCUT2D eigenvalue weighted by Gasteiger charge is 2.18. The summed E-state index contributed by atoms with van der Waals surface area (Å²) in [6.45, 7) is 5.20. The van der Waals surface area contributed by atoms with Crippen LogP contribution in [0.4, 0.5) is 0 Å². The summed E-state index contributed by atoms with van der Waals surface area (Å²) in [5.74, 6) is 0.272. The number of benzene rings is 1. The molecule has 2 rings (SSSR count). The number of Topliss-reactive ketones (excluding diaryl/α,β-unsaturated/α-hetero) is 1. The molecular formula is C15H19IN2O2. The van der Waals surface area contributed by atoms with Crippen LogP contribution in [0.3, 0.4) is 0 Å². The summed E-state index contributed by atoms with van der Waals surface area (Å²) < 4.78 is 1.13. The molecule has 1 aromatic carbocycles. The molecule has 0 bridgehead atoms. The highest BCUT2D eigenvalue weighted by atomic mass is 127. The first-order valence-corrected chi connectivity index (χ1v) is 7.91. The van der Waals surface area contributed by atoms with Crippen LogP contribution in [0.25, 0.3) is 0 Å². The number of halogens is 1. The lowest BCUT2D eigenvalue weighted by atomic mass is 10.1. The Bertz CT molecular complexity index is 487. The Morgan fingerprint density at radius 3 is 2.45 bits per heavy atom. The normalized spacial score (nSPS) is 16.8. The van der Waals surface area contributed by atoms with Crippen LogP contribution in [0.1, 0.15) is 23.7 Å². The number of nitrogens with zero attached hydrogens (tertiary/aromatic N) is 2. The minimum absolute atomic E-state index is 0.121. The largest absolute Gasteiger partial charge is 0.342 e. The Morgan fingerprint density at radius 1 is 1.10 bits per heavy atom. The molecule has 0 aromatic heterocycles. The van der Waals surface area contributed by atoms with E-state index in [1.165, 1.54) is 0 Å². The third-order valence-corrected chi connectivity index (χ3v) is 4.29. The number of rotatable bonds is 3. The van der Waals surface area contributed by atoms with Gasteiger partial charge in [0.05, 0.1) is 6.54 Å². The lowest BCUT2D eigenvalue weighted by Crippen LogP contribution is -2.35. The summed E-state index contributed by atoms with van der Waals surface area (Å²) in [7, 11) is 0. The summed E-state index contributed by atoms with van der Waals surface area (Å²) in [6.07, 6.45) is 0.930. The van der Waals surface area contributed by atoms with Gasteiger partial charge < -0.3 is 4.90 Å². The second kappa shape index (κ2) is 7.17. The Labute approximate surface area is 133 Å². The van der Waals surface area contributed by atoms with E-state index in [0.29, 0.717) is 6.54 Å². The molecule has 1 aliphatic rings. The van der Waals surface area contributed by atoms with Gasteiger partial charge in [-0.25, -0.2) is 0 Å². The molecule has 0 unspecified atom stereocenters. The molecule has 1 aliphatic heterocycles. The molecule has 5 heteroatoms. The van der Waals surface area contributed by atoms with Gasteiger partial charge in [-0.05, 0) is 41.1 Å². The second-order valence-corrected chi connectivity index (χ2v) is 6.31. The maximum Gasteiger partial charge on any atom is 0.219 e. The molecular weight excluding hydrogens is 367 g/mol. The van der Waals surface area contributed by atoms with Gasteiger partial charge in [-0.1, -0.05) is 12.1 Å². The summed E-state index contributed by atoms with van der Waals surface area (Å²) >= 11 is 2.23. The number of carbonyl (C=O) groups is 2. The van der Waals surface area contributed by atoms with E-state index in [1.54, 1.807) is 6.92 Å². The third kappa shape index (κ3) is 4.28. The van der Waals surface area contributed by atoms with Crippen LogP contribution in [0, 0.1) is 3.57 Å². The van der Waals surface area contributed by atoms with Gasteiger partial charge >= 0.3 is 0 Å². The Hall–Kier alpha value is -0.950. The Kier molecular flexibility index (Phi) is 5.54. The maximum atomic E-state index is 12.2. The van der Waals surface area contributed by atoms with Gasteiger partial charge in [-0.3, -0.25) is 14.5 Å². The van der Waals surface area contributed by atoms with Gasteiger partial charge in [0, 0.05) is 42.2 Å². The summed E-state index contributed by atoms with van der Waals surface area (Å²) in [6, 6.07) is 7.66. The summed E-state index contributed by atoms with van der Waals surface area (Å²) in [5, 5.41) is 0. The fraction of sp³-hybridized carbons (Fsp3) is 0.467. The van der Waals surface area contributed by atoms with Crippen LogP contribution < -0.4 is 0 Å². The van der Waals surface area contributed by atoms with Crippen molar-refractivity contribution in [1.82, 2.24) is 9.80 Å². The quantitative estimate of drug-likeness (QED) is 0.590. The molecule has 1 aromatic rings. The van der Waals surface area contributed by atoms with E-state index in [-0.39, 0.29) is 11.7 Å². The number of hydrogen-bond acceptors (Lipinski definition) is 3. The molecule has 20 heavy (non-hydrogen) atoms. The van der Waals surface area contributed by atoms with Crippen LogP contribution in [0.5, 0.6) is 0 Å². The topological polar surface area (TPSA) is 40.6 Å². The van der Waals surface area contributed by atoms with Gasteiger partial charge in [0.15, 0.2) is 5.78 Å². The van der Waals surface area contributed by atoms with Gasteiger partial charge in [0.1, 0.15) is 0 Å². The zero-order valence-corrected chi connectivity index (χ0v) is 13.8. The van der Waals surface area contributed by atoms with Gasteiger partial charge in [0.2, 0.25) is 5.91 Å². The molecule has 0 aliphatic carbocycles. The fourth-order valence-corrected chi connectivity index (χ4v) is 2.73. The molecule has 1 fully saturated rings. The van der Waals surface area contributed by atoms with Crippen molar-refractivity contribution in [3.63, 3.8) is 0 Å². The van der Waals surface area contributed by atoms with Crippen LogP contribution in [0.15, 0.2) is 24.3 Å². The zero-order valence-electron chi connectivity index (χ0n) is 11.6. The van der Waals surface area contributed by atoms with Crippen molar-refractivity contribution < 1.29 is 9.59 Å². The average Bonchev–Trinajstić information content (AvgIpc) is 2.65. The van der Waals surface area contributed by atoms with E-state index >= 15 is 0 Å². The van der Waals surface area contributed by atoms with Crippen LogP contribution >= 0.6 is 22.6 Å². The summed E-state index contributed by atoms with van der Waals surface area (Å²) in [4.78, 5) is 27.6. The average molecular weight is 386 g/mol. The number of ketones is 1. The van der Waals surface area contributed by atoms with Crippen LogP contribution in [0.2, 0.25) is 0 Å². The van der Waals surface area contributed by atoms with Crippen molar-refractivity contribution in [3.8, 4) is 0 Å². The first-order chi connectivity index (χ1) is 9.56. The maximum absolute atomic E-state index is 12.2. The molecule has 108 valence electrons. The van der Waals surface area contributed by atoms with Crippen molar-refractivity contribution >= 4 is 34.3 Å².